The topological polar surface area (TPSA) is 96.0 Å². The predicted molar refractivity (Wildman–Crippen MR) is 141 cm³/mol. The number of nitrogens with zero attached hydrogens (tertiary/aromatic N) is 1. The van der Waals surface area contributed by atoms with E-state index in [1.807, 2.05) is 18.2 Å². The number of aliphatic hydroxyl groups excluding tert-OH is 1. The highest BCUT2D eigenvalue weighted by Gasteiger charge is 2.44. The third-order valence-electron chi connectivity index (χ3n) is 7.71. The SMILES string of the molecule is N[C@H](CO)c1cc(F)cc(-c2cc(COc3ccccc3CC(=O)O)cc(N3CCC4(CC3)CC4)c2)c1. The van der Waals surface area contributed by atoms with E-state index in [2.05, 4.69) is 17.0 Å². The minimum atomic E-state index is -0.915. The van der Waals surface area contributed by atoms with Crippen LogP contribution in [0.25, 0.3) is 11.1 Å². The predicted octanol–water partition coefficient (Wildman–Crippen LogP) is 5.07. The molecule has 194 valence electrons. The monoisotopic (exact) mass is 504 g/mol. The highest BCUT2D eigenvalue weighted by atomic mass is 19.1. The molecule has 5 rings (SSSR count). The summed E-state index contributed by atoms with van der Waals surface area (Å²) in [6, 6.07) is 17.3. The molecule has 0 bridgehead atoms. The van der Waals surface area contributed by atoms with Crippen molar-refractivity contribution in [2.24, 2.45) is 11.1 Å². The maximum atomic E-state index is 14.6. The summed E-state index contributed by atoms with van der Waals surface area (Å²) in [7, 11) is 0. The van der Waals surface area contributed by atoms with E-state index < -0.39 is 17.8 Å². The van der Waals surface area contributed by atoms with Crippen molar-refractivity contribution in [3.05, 3.63) is 83.2 Å². The fourth-order valence-electron chi connectivity index (χ4n) is 5.24. The number of halogens is 1. The lowest BCUT2D eigenvalue weighted by atomic mass is 9.92. The number of hydrogen-bond donors (Lipinski definition) is 3. The van der Waals surface area contributed by atoms with Crippen molar-refractivity contribution in [3.8, 4) is 16.9 Å². The molecule has 1 saturated carbocycles. The van der Waals surface area contributed by atoms with Gasteiger partial charge in [-0.15, -0.1) is 0 Å². The van der Waals surface area contributed by atoms with Gasteiger partial charge in [-0.05, 0) is 95.8 Å². The van der Waals surface area contributed by atoms with Crippen molar-refractivity contribution in [2.45, 2.75) is 44.8 Å². The molecule has 37 heavy (non-hydrogen) atoms. The van der Waals surface area contributed by atoms with Gasteiger partial charge >= 0.3 is 5.97 Å². The first-order valence-corrected chi connectivity index (χ1v) is 12.8. The van der Waals surface area contributed by atoms with Crippen LogP contribution in [0.15, 0.2) is 60.7 Å². The molecule has 7 heteroatoms. The van der Waals surface area contributed by atoms with E-state index >= 15 is 0 Å². The first-order chi connectivity index (χ1) is 17.8. The second-order valence-corrected chi connectivity index (χ2v) is 10.4. The quantitative estimate of drug-likeness (QED) is 0.377. The van der Waals surface area contributed by atoms with Gasteiger partial charge in [0.2, 0.25) is 0 Å². The summed E-state index contributed by atoms with van der Waals surface area (Å²) in [5.74, 6) is -0.787. The van der Waals surface area contributed by atoms with Crippen molar-refractivity contribution < 1.29 is 24.1 Å². The first-order valence-electron chi connectivity index (χ1n) is 12.8. The Labute approximate surface area is 216 Å². The largest absolute Gasteiger partial charge is 0.489 e. The molecule has 2 fully saturated rings. The molecule has 1 saturated heterocycles. The van der Waals surface area contributed by atoms with E-state index in [9.17, 15) is 19.4 Å². The third kappa shape index (κ3) is 5.95. The summed E-state index contributed by atoms with van der Waals surface area (Å²) in [6.07, 6.45) is 4.90. The Balaban J connectivity index is 1.47. The number of hydrogen-bond acceptors (Lipinski definition) is 5. The third-order valence-corrected chi connectivity index (χ3v) is 7.71. The number of nitrogens with two attached hydrogens (primary N) is 1. The zero-order valence-corrected chi connectivity index (χ0v) is 20.8. The van der Waals surface area contributed by atoms with Crippen LogP contribution in [0.1, 0.15) is 48.4 Å². The summed E-state index contributed by atoms with van der Waals surface area (Å²) in [4.78, 5) is 13.7. The lowest BCUT2D eigenvalue weighted by Gasteiger charge is -2.34. The van der Waals surface area contributed by atoms with Gasteiger partial charge in [0, 0.05) is 24.3 Å². The van der Waals surface area contributed by atoms with E-state index in [0.717, 1.165) is 29.9 Å². The highest BCUT2D eigenvalue weighted by molar-refractivity contribution is 5.72. The van der Waals surface area contributed by atoms with Crippen molar-refractivity contribution >= 4 is 11.7 Å². The molecule has 1 atom stereocenters. The number of carboxylic acid groups (broad SMARTS) is 1. The molecule has 1 aliphatic carbocycles. The maximum Gasteiger partial charge on any atom is 0.307 e. The number of piperidine rings is 1. The molecule has 4 N–H and O–H groups in total. The van der Waals surface area contributed by atoms with E-state index in [-0.39, 0.29) is 19.6 Å². The average molecular weight is 505 g/mol. The molecule has 0 amide bonds. The molecule has 3 aromatic carbocycles. The Morgan fingerprint density at radius 1 is 1.03 bits per heavy atom. The van der Waals surface area contributed by atoms with Crippen LogP contribution in [0.2, 0.25) is 0 Å². The van der Waals surface area contributed by atoms with Crippen molar-refractivity contribution in [1.82, 2.24) is 0 Å². The molecule has 1 heterocycles. The van der Waals surface area contributed by atoms with Crippen molar-refractivity contribution in [2.75, 3.05) is 24.6 Å². The summed E-state index contributed by atoms with van der Waals surface area (Å²) in [5.41, 5.74) is 11.2. The molecule has 0 radical (unpaired) electrons. The molecule has 2 aliphatic rings. The summed E-state index contributed by atoms with van der Waals surface area (Å²) in [6.45, 7) is 1.94. The Morgan fingerprint density at radius 3 is 2.46 bits per heavy atom. The van der Waals surface area contributed by atoms with Crippen LogP contribution in [-0.4, -0.2) is 35.9 Å². The van der Waals surface area contributed by atoms with Gasteiger partial charge in [0.15, 0.2) is 0 Å². The summed E-state index contributed by atoms with van der Waals surface area (Å²) < 4.78 is 20.7. The normalized spacial score (nSPS) is 17.0. The fourth-order valence-corrected chi connectivity index (χ4v) is 5.24. The Bertz CT molecular complexity index is 1280. The highest BCUT2D eigenvalue weighted by Crippen LogP contribution is 2.54. The molecule has 3 aromatic rings. The van der Waals surface area contributed by atoms with Gasteiger partial charge in [-0.1, -0.05) is 18.2 Å². The zero-order chi connectivity index (χ0) is 26.0. The Kier molecular flexibility index (Phi) is 7.17. The van der Waals surface area contributed by atoms with Crippen LogP contribution in [-0.2, 0) is 17.8 Å². The number of benzene rings is 3. The Morgan fingerprint density at radius 2 is 1.76 bits per heavy atom. The number of aliphatic carboxylic acids is 1. The minimum Gasteiger partial charge on any atom is -0.489 e. The van der Waals surface area contributed by atoms with Gasteiger partial charge in [-0.3, -0.25) is 4.79 Å². The standard InChI is InChI=1S/C30H33FN2O4/c31-25-14-23(13-24(15-25)27(32)18-34)22-11-20(19-37-28-4-2-1-3-21(28)17-29(35)36)12-26(16-22)33-9-7-30(5-6-30)8-10-33/h1-4,11-16,27,34H,5-10,17-19,32H2,(H,35,36)/t27-/m1/s1. The van der Waals surface area contributed by atoms with E-state index in [4.69, 9.17) is 10.5 Å². The summed E-state index contributed by atoms with van der Waals surface area (Å²) >= 11 is 0. The number of rotatable bonds is 9. The van der Waals surface area contributed by atoms with Gasteiger partial charge in [0.05, 0.1) is 19.1 Å². The van der Waals surface area contributed by atoms with Crippen LogP contribution in [0.5, 0.6) is 5.75 Å². The molecular formula is C30H33FN2O4. The van der Waals surface area contributed by atoms with Gasteiger partial charge in [0.25, 0.3) is 0 Å². The van der Waals surface area contributed by atoms with Crippen LogP contribution >= 0.6 is 0 Å². The lowest BCUT2D eigenvalue weighted by molar-refractivity contribution is -0.136. The molecule has 1 aliphatic heterocycles. The van der Waals surface area contributed by atoms with Crippen LogP contribution < -0.4 is 15.4 Å². The summed E-state index contributed by atoms with van der Waals surface area (Å²) in [5, 5.41) is 18.7. The zero-order valence-electron chi connectivity index (χ0n) is 20.8. The van der Waals surface area contributed by atoms with Crippen LogP contribution in [0.3, 0.4) is 0 Å². The number of carbonyl (C=O) groups is 1. The Hall–Kier alpha value is -3.42. The smallest absolute Gasteiger partial charge is 0.307 e. The number of aliphatic hydroxyl groups is 1. The van der Waals surface area contributed by atoms with Gasteiger partial charge < -0.3 is 25.6 Å². The molecular weight excluding hydrogens is 471 g/mol. The molecule has 0 unspecified atom stereocenters. The van der Waals surface area contributed by atoms with Crippen molar-refractivity contribution in [3.63, 3.8) is 0 Å². The maximum absolute atomic E-state index is 14.6. The van der Waals surface area contributed by atoms with Gasteiger partial charge in [-0.25, -0.2) is 4.39 Å². The number of anilines is 1. The van der Waals surface area contributed by atoms with Crippen molar-refractivity contribution in [1.29, 1.82) is 0 Å². The fraction of sp³-hybridized carbons (Fsp3) is 0.367. The van der Waals surface area contributed by atoms with E-state index in [0.29, 0.717) is 27.9 Å². The second kappa shape index (κ2) is 10.5. The number of para-hydroxylation sites is 1. The van der Waals surface area contributed by atoms with Gasteiger partial charge in [0.1, 0.15) is 18.2 Å². The molecule has 6 nitrogen and oxygen atoms in total. The number of ether oxygens (including phenoxy) is 1. The van der Waals surface area contributed by atoms with Crippen LogP contribution in [0, 0.1) is 11.2 Å². The average Bonchev–Trinajstić information content (AvgIpc) is 3.65. The van der Waals surface area contributed by atoms with E-state index in [1.165, 1.54) is 37.8 Å². The second-order valence-electron chi connectivity index (χ2n) is 10.4. The minimum absolute atomic E-state index is 0.117. The first kappa shape index (κ1) is 25.2. The molecule has 1 spiro atoms. The van der Waals surface area contributed by atoms with E-state index in [1.54, 1.807) is 18.2 Å². The number of carboxylic acids is 1. The lowest BCUT2D eigenvalue weighted by Crippen LogP contribution is -2.34. The van der Waals surface area contributed by atoms with Gasteiger partial charge in [-0.2, -0.15) is 0 Å². The molecule has 0 aromatic heterocycles. The van der Waals surface area contributed by atoms with Crippen LogP contribution in [0.4, 0.5) is 10.1 Å².